The Morgan fingerprint density at radius 1 is 1.56 bits per heavy atom. The molecule has 2 fully saturated rings. The molecule has 1 amide bonds. The molecular formula is C11H15N3O2. The highest BCUT2D eigenvalue weighted by Crippen LogP contribution is 2.29. The summed E-state index contributed by atoms with van der Waals surface area (Å²) < 4.78 is 4.72. The number of carbonyl (C=O) groups is 1. The minimum Gasteiger partial charge on any atom is -0.364 e. The van der Waals surface area contributed by atoms with E-state index in [2.05, 4.69) is 10.5 Å². The molecule has 2 aliphatic heterocycles. The number of hydrogen-bond acceptors (Lipinski definition) is 4. The summed E-state index contributed by atoms with van der Waals surface area (Å²) in [5.74, 6) is 0.669. The second-order valence-corrected chi connectivity index (χ2v) is 4.49. The van der Waals surface area contributed by atoms with Gasteiger partial charge in [0.05, 0.1) is 0 Å². The predicted octanol–water partition coefficient (Wildman–Crippen LogP) is 0.499. The molecule has 2 aliphatic rings. The largest absolute Gasteiger partial charge is 0.364 e. The number of piperidine rings is 1. The van der Waals surface area contributed by atoms with Crippen molar-refractivity contribution in [2.24, 2.45) is 5.92 Å². The lowest BCUT2D eigenvalue weighted by Gasteiger charge is -2.31. The van der Waals surface area contributed by atoms with Gasteiger partial charge in [-0.1, -0.05) is 5.16 Å². The van der Waals surface area contributed by atoms with Gasteiger partial charge in [0, 0.05) is 25.2 Å². The van der Waals surface area contributed by atoms with Gasteiger partial charge in [0.25, 0.3) is 5.91 Å². The zero-order valence-corrected chi connectivity index (χ0v) is 9.06. The van der Waals surface area contributed by atoms with Gasteiger partial charge in [-0.25, -0.2) is 0 Å². The molecule has 3 rings (SSSR count). The Balaban J connectivity index is 1.78. The van der Waals surface area contributed by atoms with Crippen LogP contribution in [0.1, 0.15) is 23.3 Å². The van der Waals surface area contributed by atoms with Gasteiger partial charge in [0.1, 0.15) is 6.26 Å². The molecule has 5 nitrogen and oxygen atoms in total. The number of nitrogens with one attached hydrogen (secondary N) is 1. The first kappa shape index (κ1) is 9.84. The minimum absolute atomic E-state index is 0.00458. The molecule has 0 bridgehead atoms. The van der Waals surface area contributed by atoms with Crippen molar-refractivity contribution in [1.82, 2.24) is 15.4 Å². The Bertz CT molecular complexity index is 377. The van der Waals surface area contributed by atoms with Crippen LogP contribution in [0.5, 0.6) is 0 Å². The average Bonchev–Trinajstić information content (AvgIpc) is 2.98. The average molecular weight is 221 g/mol. The molecule has 1 N–H and O–H groups in total. The van der Waals surface area contributed by atoms with Crippen LogP contribution in [0.2, 0.25) is 0 Å². The Morgan fingerprint density at radius 3 is 3.31 bits per heavy atom. The summed E-state index contributed by atoms with van der Waals surface area (Å²) in [6.07, 6.45) is 3.74. The van der Waals surface area contributed by atoms with Gasteiger partial charge in [0.2, 0.25) is 0 Å². The Morgan fingerprint density at radius 2 is 2.50 bits per heavy atom. The molecule has 2 saturated heterocycles. The fourth-order valence-electron chi connectivity index (χ4n) is 2.79. The normalized spacial score (nSPS) is 29.1. The van der Waals surface area contributed by atoms with E-state index in [0.717, 1.165) is 26.1 Å². The summed E-state index contributed by atoms with van der Waals surface area (Å²) in [4.78, 5) is 14.1. The Kier molecular flexibility index (Phi) is 2.40. The maximum Gasteiger partial charge on any atom is 0.276 e. The number of fused-ring (bicyclic) bond motifs is 1. The highest BCUT2D eigenvalue weighted by molar-refractivity contribution is 5.92. The van der Waals surface area contributed by atoms with Crippen LogP contribution in [0.3, 0.4) is 0 Å². The standard InChI is InChI=1S/C11H15N3O2/c15-11(9-3-6-16-13-9)14-5-2-8-1-4-12-7-10(8)14/h3,6,8,10,12H,1-2,4-5,7H2. The number of carbonyl (C=O) groups excluding carboxylic acids is 1. The van der Waals surface area contributed by atoms with Crippen LogP contribution in [0.15, 0.2) is 16.9 Å². The number of aromatic nitrogens is 1. The van der Waals surface area contributed by atoms with E-state index in [1.807, 2.05) is 4.90 Å². The van der Waals surface area contributed by atoms with Crippen molar-refractivity contribution in [3.05, 3.63) is 18.0 Å². The molecule has 0 radical (unpaired) electrons. The lowest BCUT2D eigenvalue weighted by molar-refractivity contribution is 0.0692. The molecule has 0 saturated carbocycles. The number of rotatable bonds is 1. The number of likely N-dealkylation sites (tertiary alicyclic amines) is 1. The molecule has 3 heterocycles. The van der Waals surface area contributed by atoms with Gasteiger partial charge in [0.15, 0.2) is 5.69 Å². The van der Waals surface area contributed by atoms with E-state index >= 15 is 0 Å². The third-order valence-electron chi connectivity index (χ3n) is 3.65. The highest BCUT2D eigenvalue weighted by Gasteiger charge is 2.39. The fourth-order valence-corrected chi connectivity index (χ4v) is 2.79. The van der Waals surface area contributed by atoms with Crippen LogP contribution in [0.4, 0.5) is 0 Å². The van der Waals surface area contributed by atoms with Crippen molar-refractivity contribution in [2.45, 2.75) is 18.9 Å². The third-order valence-corrected chi connectivity index (χ3v) is 3.65. The smallest absolute Gasteiger partial charge is 0.276 e. The van der Waals surface area contributed by atoms with Crippen LogP contribution in [0.25, 0.3) is 0 Å². The van der Waals surface area contributed by atoms with E-state index in [4.69, 9.17) is 4.52 Å². The summed E-state index contributed by atoms with van der Waals surface area (Å²) in [5, 5.41) is 7.06. The maximum atomic E-state index is 12.1. The fraction of sp³-hybridized carbons (Fsp3) is 0.636. The zero-order chi connectivity index (χ0) is 11.0. The number of amides is 1. The van der Waals surface area contributed by atoms with Gasteiger partial charge >= 0.3 is 0 Å². The lowest BCUT2D eigenvalue weighted by atomic mass is 9.93. The van der Waals surface area contributed by atoms with Crippen LogP contribution >= 0.6 is 0 Å². The summed E-state index contributed by atoms with van der Waals surface area (Å²) >= 11 is 0. The van der Waals surface area contributed by atoms with Crippen LogP contribution < -0.4 is 5.32 Å². The monoisotopic (exact) mass is 221 g/mol. The van der Waals surface area contributed by atoms with Gasteiger partial charge in [-0.3, -0.25) is 4.79 Å². The molecule has 5 heteroatoms. The Labute approximate surface area is 93.8 Å². The van der Waals surface area contributed by atoms with Gasteiger partial charge in [-0.2, -0.15) is 0 Å². The molecule has 2 unspecified atom stereocenters. The summed E-state index contributed by atoms with van der Waals surface area (Å²) in [5.41, 5.74) is 0.422. The van der Waals surface area contributed by atoms with Crippen molar-refractivity contribution < 1.29 is 9.32 Å². The minimum atomic E-state index is 0.00458. The third kappa shape index (κ3) is 1.51. The lowest BCUT2D eigenvalue weighted by Crippen LogP contribution is -2.48. The molecule has 0 spiro atoms. The second-order valence-electron chi connectivity index (χ2n) is 4.49. The molecule has 0 aromatic carbocycles. The first-order valence-electron chi connectivity index (χ1n) is 5.78. The van der Waals surface area contributed by atoms with E-state index in [0.29, 0.717) is 17.7 Å². The van der Waals surface area contributed by atoms with Gasteiger partial charge < -0.3 is 14.7 Å². The van der Waals surface area contributed by atoms with Gasteiger partial charge in [-0.05, 0) is 25.3 Å². The van der Waals surface area contributed by atoms with Gasteiger partial charge in [-0.15, -0.1) is 0 Å². The SMILES string of the molecule is O=C(c1ccon1)N1CCC2CCNCC21. The quantitative estimate of drug-likeness (QED) is 0.750. The molecule has 0 aliphatic carbocycles. The van der Waals surface area contributed by atoms with Crippen molar-refractivity contribution in [1.29, 1.82) is 0 Å². The van der Waals surface area contributed by atoms with Crippen molar-refractivity contribution >= 4 is 5.91 Å². The van der Waals surface area contributed by atoms with Crippen molar-refractivity contribution in [3.63, 3.8) is 0 Å². The van der Waals surface area contributed by atoms with Crippen LogP contribution in [-0.4, -0.2) is 41.6 Å². The van der Waals surface area contributed by atoms with Crippen LogP contribution in [0, 0.1) is 5.92 Å². The summed E-state index contributed by atoms with van der Waals surface area (Å²) in [7, 11) is 0. The molecule has 1 aromatic heterocycles. The van der Waals surface area contributed by atoms with E-state index in [1.165, 1.54) is 12.7 Å². The first-order valence-corrected chi connectivity index (χ1v) is 5.78. The van der Waals surface area contributed by atoms with E-state index in [-0.39, 0.29) is 5.91 Å². The number of hydrogen-bond donors (Lipinski definition) is 1. The first-order chi connectivity index (χ1) is 7.86. The highest BCUT2D eigenvalue weighted by atomic mass is 16.5. The molecular weight excluding hydrogens is 206 g/mol. The molecule has 2 atom stereocenters. The predicted molar refractivity (Wildman–Crippen MR) is 56.9 cm³/mol. The van der Waals surface area contributed by atoms with Crippen molar-refractivity contribution in [3.8, 4) is 0 Å². The summed E-state index contributed by atoms with van der Waals surface area (Å²) in [6, 6.07) is 1.98. The molecule has 16 heavy (non-hydrogen) atoms. The van der Waals surface area contributed by atoms with E-state index in [1.54, 1.807) is 6.07 Å². The van der Waals surface area contributed by atoms with Crippen molar-refractivity contribution in [2.75, 3.05) is 19.6 Å². The zero-order valence-electron chi connectivity index (χ0n) is 9.06. The van der Waals surface area contributed by atoms with Crippen LogP contribution in [-0.2, 0) is 0 Å². The molecule has 86 valence electrons. The van der Waals surface area contributed by atoms with E-state index in [9.17, 15) is 4.79 Å². The maximum absolute atomic E-state index is 12.1. The Hall–Kier alpha value is -1.36. The topological polar surface area (TPSA) is 58.4 Å². The van der Waals surface area contributed by atoms with E-state index < -0.39 is 0 Å². The summed E-state index contributed by atoms with van der Waals surface area (Å²) in [6.45, 7) is 2.84. The molecule has 1 aromatic rings. The second kappa shape index (κ2) is 3.90. The number of nitrogens with zero attached hydrogens (tertiary/aromatic N) is 2.